The zero-order valence-corrected chi connectivity index (χ0v) is 12.6. The van der Waals surface area contributed by atoms with Gasteiger partial charge in [-0.05, 0) is 29.8 Å². The summed E-state index contributed by atoms with van der Waals surface area (Å²) in [4.78, 5) is 0. The first kappa shape index (κ1) is 15.9. The summed E-state index contributed by atoms with van der Waals surface area (Å²) in [6.07, 6.45) is -4.40. The van der Waals surface area contributed by atoms with Crippen LogP contribution in [0.25, 0.3) is 0 Å². The first-order valence-electron chi connectivity index (χ1n) is 6.30. The van der Waals surface area contributed by atoms with Gasteiger partial charge in [0.05, 0.1) is 11.6 Å². The number of nitrogens with one attached hydrogen (secondary N) is 1. The summed E-state index contributed by atoms with van der Waals surface area (Å²) in [6.45, 7) is 0.0552. The van der Waals surface area contributed by atoms with Crippen LogP contribution in [0.2, 0.25) is 0 Å². The lowest BCUT2D eigenvalue weighted by molar-refractivity contribution is -0.138. The Morgan fingerprint density at radius 3 is 2.43 bits per heavy atom. The van der Waals surface area contributed by atoms with E-state index < -0.39 is 17.8 Å². The normalized spacial score (nSPS) is 13.0. The summed E-state index contributed by atoms with van der Waals surface area (Å²) < 4.78 is 40.1. The summed E-state index contributed by atoms with van der Waals surface area (Å²) in [7, 11) is 0. The van der Waals surface area contributed by atoms with Crippen molar-refractivity contribution in [2.24, 2.45) is 5.73 Å². The van der Waals surface area contributed by atoms with Crippen LogP contribution in [0.1, 0.15) is 17.2 Å². The molecule has 0 amide bonds. The zero-order chi connectivity index (χ0) is 15.5. The van der Waals surface area contributed by atoms with Crippen molar-refractivity contribution >= 4 is 21.6 Å². The Hall–Kier alpha value is -1.53. The van der Waals surface area contributed by atoms with Crippen LogP contribution < -0.4 is 11.1 Å². The SMILES string of the molecule is NCC(Nc1cccc(Br)c1)c1ccccc1C(F)(F)F. The van der Waals surface area contributed by atoms with Crippen LogP contribution in [0.4, 0.5) is 18.9 Å². The van der Waals surface area contributed by atoms with E-state index in [9.17, 15) is 13.2 Å². The van der Waals surface area contributed by atoms with Crippen molar-refractivity contribution in [3.63, 3.8) is 0 Å². The van der Waals surface area contributed by atoms with E-state index in [2.05, 4.69) is 21.2 Å². The van der Waals surface area contributed by atoms with Crippen molar-refractivity contribution in [2.45, 2.75) is 12.2 Å². The molecule has 0 heterocycles. The van der Waals surface area contributed by atoms with Gasteiger partial charge in [-0.1, -0.05) is 40.2 Å². The first-order valence-corrected chi connectivity index (χ1v) is 7.09. The molecule has 0 aliphatic heterocycles. The minimum Gasteiger partial charge on any atom is -0.377 e. The molecule has 0 aliphatic carbocycles. The topological polar surface area (TPSA) is 38.0 Å². The maximum Gasteiger partial charge on any atom is 0.416 e. The number of alkyl halides is 3. The molecule has 2 nitrogen and oxygen atoms in total. The van der Waals surface area contributed by atoms with Crippen molar-refractivity contribution in [1.82, 2.24) is 0 Å². The Kier molecular flexibility index (Phi) is 4.90. The van der Waals surface area contributed by atoms with E-state index in [-0.39, 0.29) is 12.1 Å². The maximum atomic E-state index is 13.1. The lowest BCUT2D eigenvalue weighted by atomic mass is 9.99. The van der Waals surface area contributed by atoms with E-state index in [1.165, 1.54) is 12.1 Å². The van der Waals surface area contributed by atoms with Gasteiger partial charge in [0.25, 0.3) is 0 Å². The largest absolute Gasteiger partial charge is 0.416 e. The van der Waals surface area contributed by atoms with Gasteiger partial charge in [0.1, 0.15) is 0 Å². The highest BCUT2D eigenvalue weighted by atomic mass is 79.9. The second-order valence-electron chi connectivity index (χ2n) is 4.53. The molecule has 0 radical (unpaired) electrons. The molecule has 0 bridgehead atoms. The van der Waals surface area contributed by atoms with Gasteiger partial charge in [0, 0.05) is 16.7 Å². The molecule has 2 aromatic rings. The van der Waals surface area contributed by atoms with E-state index in [1.807, 2.05) is 6.07 Å². The quantitative estimate of drug-likeness (QED) is 0.839. The third kappa shape index (κ3) is 3.98. The Morgan fingerprint density at radius 2 is 1.81 bits per heavy atom. The molecule has 0 saturated heterocycles. The van der Waals surface area contributed by atoms with E-state index >= 15 is 0 Å². The number of anilines is 1. The van der Waals surface area contributed by atoms with Crippen LogP contribution in [0.3, 0.4) is 0 Å². The van der Waals surface area contributed by atoms with E-state index in [4.69, 9.17) is 5.73 Å². The summed E-state index contributed by atoms with van der Waals surface area (Å²) in [5.41, 5.74) is 5.85. The number of rotatable bonds is 4. The van der Waals surface area contributed by atoms with Gasteiger partial charge < -0.3 is 11.1 Å². The number of hydrogen-bond acceptors (Lipinski definition) is 2. The van der Waals surface area contributed by atoms with E-state index in [0.717, 1.165) is 10.5 Å². The fourth-order valence-electron chi connectivity index (χ4n) is 2.10. The minimum absolute atomic E-state index is 0.0552. The van der Waals surface area contributed by atoms with Crippen LogP contribution in [0.5, 0.6) is 0 Å². The van der Waals surface area contributed by atoms with Crippen LogP contribution in [-0.2, 0) is 6.18 Å². The van der Waals surface area contributed by atoms with Crippen LogP contribution in [0.15, 0.2) is 53.0 Å². The molecule has 0 saturated carbocycles. The van der Waals surface area contributed by atoms with Crippen molar-refractivity contribution in [2.75, 3.05) is 11.9 Å². The van der Waals surface area contributed by atoms with Gasteiger partial charge in [0.2, 0.25) is 0 Å². The lowest BCUT2D eigenvalue weighted by Gasteiger charge is -2.22. The first-order chi connectivity index (χ1) is 9.91. The molecule has 0 fully saturated rings. The Balaban J connectivity index is 2.34. The number of nitrogens with two attached hydrogens (primary N) is 1. The van der Waals surface area contributed by atoms with Gasteiger partial charge in [-0.15, -0.1) is 0 Å². The van der Waals surface area contributed by atoms with Crippen molar-refractivity contribution in [3.05, 3.63) is 64.1 Å². The van der Waals surface area contributed by atoms with Crippen molar-refractivity contribution in [1.29, 1.82) is 0 Å². The second-order valence-corrected chi connectivity index (χ2v) is 5.44. The standard InChI is InChI=1S/C15H14BrF3N2/c16-10-4-3-5-11(8-10)21-14(9-20)12-6-1-2-7-13(12)15(17,18)19/h1-8,14,21H,9,20H2. The third-order valence-corrected chi connectivity index (χ3v) is 3.54. The molecule has 2 rings (SSSR count). The molecule has 0 spiro atoms. The third-order valence-electron chi connectivity index (χ3n) is 3.04. The van der Waals surface area contributed by atoms with Crippen molar-refractivity contribution in [3.8, 4) is 0 Å². The minimum atomic E-state index is -4.40. The van der Waals surface area contributed by atoms with E-state index in [1.54, 1.807) is 24.3 Å². The number of hydrogen-bond donors (Lipinski definition) is 2. The number of halogens is 4. The predicted molar refractivity (Wildman–Crippen MR) is 81.0 cm³/mol. The number of benzene rings is 2. The molecule has 3 N–H and O–H groups in total. The molecule has 1 atom stereocenters. The van der Waals surface area contributed by atoms with E-state index in [0.29, 0.717) is 5.69 Å². The molecule has 1 unspecified atom stereocenters. The van der Waals surface area contributed by atoms with Crippen LogP contribution in [0, 0.1) is 0 Å². The molecule has 6 heteroatoms. The molecule has 112 valence electrons. The van der Waals surface area contributed by atoms with Crippen molar-refractivity contribution < 1.29 is 13.2 Å². The zero-order valence-electron chi connectivity index (χ0n) is 11.0. The highest BCUT2D eigenvalue weighted by Crippen LogP contribution is 2.35. The Labute approximate surface area is 129 Å². The fraction of sp³-hybridized carbons (Fsp3) is 0.200. The van der Waals surface area contributed by atoms with Gasteiger partial charge in [-0.25, -0.2) is 0 Å². The van der Waals surface area contributed by atoms with Gasteiger partial charge in [0.15, 0.2) is 0 Å². The molecule has 0 aromatic heterocycles. The van der Waals surface area contributed by atoms with Gasteiger partial charge >= 0.3 is 6.18 Å². The van der Waals surface area contributed by atoms with Gasteiger partial charge in [-0.3, -0.25) is 0 Å². The molecular weight excluding hydrogens is 345 g/mol. The maximum absolute atomic E-state index is 13.1. The molecule has 2 aromatic carbocycles. The summed E-state index contributed by atoms with van der Waals surface area (Å²) in [6, 6.07) is 12.1. The lowest BCUT2D eigenvalue weighted by Crippen LogP contribution is -2.24. The highest BCUT2D eigenvalue weighted by molar-refractivity contribution is 9.10. The Morgan fingerprint density at radius 1 is 1.10 bits per heavy atom. The predicted octanol–water partition coefficient (Wildman–Crippen LogP) is 4.58. The average molecular weight is 359 g/mol. The average Bonchev–Trinajstić information content (AvgIpc) is 2.44. The summed E-state index contributed by atoms with van der Waals surface area (Å²) in [5.74, 6) is 0. The highest BCUT2D eigenvalue weighted by Gasteiger charge is 2.34. The van der Waals surface area contributed by atoms with Crippen LogP contribution >= 0.6 is 15.9 Å². The summed E-state index contributed by atoms with van der Waals surface area (Å²) in [5, 5.41) is 3.04. The Bertz CT molecular complexity index is 614. The summed E-state index contributed by atoms with van der Waals surface area (Å²) >= 11 is 3.33. The molecule has 0 aliphatic rings. The monoisotopic (exact) mass is 358 g/mol. The second kappa shape index (κ2) is 6.49. The fourth-order valence-corrected chi connectivity index (χ4v) is 2.50. The molecule has 21 heavy (non-hydrogen) atoms. The van der Waals surface area contributed by atoms with Gasteiger partial charge in [-0.2, -0.15) is 13.2 Å². The molecular formula is C15H14BrF3N2. The van der Waals surface area contributed by atoms with Crippen LogP contribution in [-0.4, -0.2) is 6.54 Å². The smallest absolute Gasteiger partial charge is 0.377 e.